The van der Waals surface area contributed by atoms with Gasteiger partial charge in [0.05, 0.1) is 6.61 Å². The molecule has 0 aliphatic rings. The molecule has 0 amide bonds. The summed E-state index contributed by atoms with van der Waals surface area (Å²) >= 11 is 0. The van der Waals surface area contributed by atoms with E-state index in [0.717, 1.165) is 34.4 Å². The molecule has 167 valence electrons. The van der Waals surface area contributed by atoms with Crippen LogP contribution >= 0.6 is 0 Å². The third kappa shape index (κ3) is 6.18. The van der Waals surface area contributed by atoms with Crippen molar-refractivity contribution in [2.24, 2.45) is 5.73 Å². The Morgan fingerprint density at radius 1 is 0.758 bits per heavy atom. The third-order valence-electron chi connectivity index (χ3n) is 5.42. The first kappa shape index (κ1) is 22.5. The van der Waals surface area contributed by atoms with Crippen LogP contribution in [0.2, 0.25) is 0 Å². The average Bonchev–Trinajstić information content (AvgIpc) is 2.88. The molecule has 2 aromatic carbocycles. The summed E-state index contributed by atoms with van der Waals surface area (Å²) in [5, 5.41) is 0. The molecule has 0 spiro atoms. The van der Waals surface area contributed by atoms with E-state index >= 15 is 0 Å². The highest BCUT2D eigenvalue weighted by Crippen LogP contribution is 2.27. The van der Waals surface area contributed by atoms with Crippen molar-refractivity contribution in [1.29, 1.82) is 0 Å². The second-order valence-electron chi connectivity index (χ2n) is 7.91. The Bertz CT molecular complexity index is 1150. The zero-order chi connectivity index (χ0) is 22.9. The van der Waals surface area contributed by atoms with Gasteiger partial charge in [-0.05, 0) is 60.9 Å². The summed E-state index contributed by atoms with van der Waals surface area (Å²) in [4.78, 5) is 8.37. The van der Waals surface area contributed by atoms with Crippen molar-refractivity contribution in [2.75, 3.05) is 6.61 Å². The quantitative estimate of drug-likeness (QED) is 0.246. The lowest BCUT2D eigenvalue weighted by atomic mass is 10.0. The number of ether oxygens (including phenoxy) is 2. The predicted octanol–water partition coefficient (Wildman–Crippen LogP) is 5.93. The summed E-state index contributed by atoms with van der Waals surface area (Å²) < 4.78 is 12.2. The van der Waals surface area contributed by atoms with Crippen LogP contribution in [0.3, 0.4) is 0 Å². The number of nitrogens with zero attached hydrogens (tertiary/aromatic N) is 2. The van der Waals surface area contributed by atoms with Gasteiger partial charge in [-0.25, -0.2) is 0 Å². The van der Waals surface area contributed by atoms with Crippen LogP contribution in [0.25, 0.3) is 22.3 Å². The van der Waals surface area contributed by atoms with Gasteiger partial charge in [0.15, 0.2) is 5.72 Å². The fraction of sp³-hybridized carbons (Fsp3) is 0.179. The van der Waals surface area contributed by atoms with Crippen molar-refractivity contribution in [3.63, 3.8) is 0 Å². The van der Waals surface area contributed by atoms with Gasteiger partial charge in [-0.1, -0.05) is 36.4 Å². The molecule has 0 bridgehead atoms. The lowest BCUT2D eigenvalue weighted by Crippen LogP contribution is -2.45. The number of pyridine rings is 2. The van der Waals surface area contributed by atoms with Gasteiger partial charge in [0.25, 0.3) is 0 Å². The minimum Gasteiger partial charge on any atom is -0.494 e. The van der Waals surface area contributed by atoms with E-state index in [9.17, 15) is 0 Å². The normalized spacial score (nSPS) is 12.7. The maximum Gasteiger partial charge on any atom is 0.158 e. The van der Waals surface area contributed by atoms with Gasteiger partial charge in [-0.2, -0.15) is 0 Å². The predicted molar refractivity (Wildman–Crippen MR) is 132 cm³/mol. The largest absolute Gasteiger partial charge is 0.494 e. The van der Waals surface area contributed by atoms with Crippen molar-refractivity contribution < 1.29 is 9.47 Å². The van der Waals surface area contributed by atoms with Gasteiger partial charge in [0.2, 0.25) is 0 Å². The molecule has 1 unspecified atom stereocenters. The molecule has 0 aliphatic carbocycles. The van der Waals surface area contributed by atoms with Crippen LogP contribution in [-0.2, 0) is 0 Å². The summed E-state index contributed by atoms with van der Waals surface area (Å²) in [5.41, 5.74) is 9.86. The van der Waals surface area contributed by atoms with Crippen LogP contribution in [0.4, 0.5) is 0 Å². The summed E-state index contributed by atoms with van der Waals surface area (Å²) in [5.74, 6) is 1.53. The van der Waals surface area contributed by atoms with Crippen LogP contribution in [0.15, 0.2) is 97.6 Å². The molecule has 5 nitrogen and oxygen atoms in total. The molecule has 2 aromatic heterocycles. The van der Waals surface area contributed by atoms with Gasteiger partial charge in [0.1, 0.15) is 11.5 Å². The lowest BCUT2D eigenvalue weighted by molar-refractivity contribution is 0.0616. The molecule has 1 atom stereocenters. The molecule has 0 saturated carbocycles. The first-order valence-corrected chi connectivity index (χ1v) is 11.1. The molecule has 5 heteroatoms. The van der Waals surface area contributed by atoms with Gasteiger partial charge in [0, 0.05) is 48.8 Å². The van der Waals surface area contributed by atoms with Crippen LogP contribution in [-0.4, -0.2) is 22.3 Å². The van der Waals surface area contributed by atoms with Crippen LogP contribution in [0.5, 0.6) is 11.5 Å². The number of nitrogens with two attached hydrogens (primary N) is 1. The van der Waals surface area contributed by atoms with Crippen molar-refractivity contribution in [3.8, 4) is 33.8 Å². The second kappa shape index (κ2) is 10.7. The number of rotatable bonds is 10. The maximum absolute atomic E-state index is 6.54. The first-order valence-electron chi connectivity index (χ1n) is 11.1. The standard InChI is InChI=1S/C28H28N3O2/c1-2-28(29,33-27-13-4-9-23(19-27)25-11-6-16-31-21-25)14-7-17-32-26-12-3-8-22(18-26)24-10-5-15-30-20-24/h3-6,8-13,15-16,18-21H,1-2,7,14,17,29H2. The maximum atomic E-state index is 6.54. The molecule has 1 radical (unpaired) electrons. The van der Waals surface area contributed by atoms with E-state index < -0.39 is 5.72 Å². The molecular weight excluding hydrogens is 410 g/mol. The average molecular weight is 439 g/mol. The highest BCUT2D eigenvalue weighted by atomic mass is 16.5. The summed E-state index contributed by atoms with van der Waals surface area (Å²) in [6.07, 6.45) is 9.01. The summed E-state index contributed by atoms with van der Waals surface area (Å²) in [6, 6.07) is 23.8. The lowest BCUT2D eigenvalue weighted by Gasteiger charge is -2.29. The van der Waals surface area contributed by atoms with E-state index in [4.69, 9.17) is 15.2 Å². The zero-order valence-electron chi connectivity index (χ0n) is 18.6. The molecule has 0 aliphatic heterocycles. The van der Waals surface area contributed by atoms with Crippen molar-refractivity contribution in [2.45, 2.75) is 25.0 Å². The molecular formula is C28H28N3O2. The first-order chi connectivity index (χ1) is 16.1. The molecule has 4 aromatic rings. The smallest absolute Gasteiger partial charge is 0.158 e. The minimum atomic E-state index is -0.867. The van der Waals surface area contributed by atoms with Crippen molar-refractivity contribution in [3.05, 3.63) is 105 Å². The van der Waals surface area contributed by atoms with Crippen LogP contribution in [0.1, 0.15) is 19.3 Å². The van der Waals surface area contributed by atoms with Crippen LogP contribution in [0, 0.1) is 6.92 Å². The summed E-state index contributed by atoms with van der Waals surface area (Å²) in [7, 11) is 0. The molecule has 0 fully saturated rings. The fourth-order valence-corrected chi connectivity index (χ4v) is 3.59. The number of hydrogen-bond acceptors (Lipinski definition) is 5. The van der Waals surface area contributed by atoms with E-state index in [2.05, 4.69) is 16.9 Å². The van der Waals surface area contributed by atoms with E-state index in [0.29, 0.717) is 25.2 Å². The molecule has 2 heterocycles. The molecule has 2 N–H and O–H groups in total. The van der Waals surface area contributed by atoms with Crippen LogP contribution < -0.4 is 15.2 Å². The fourth-order valence-electron chi connectivity index (χ4n) is 3.59. The highest BCUT2D eigenvalue weighted by molar-refractivity contribution is 5.64. The van der Waals surface area contributed by atoms with Gasteiger partial charge in [-0.15, -0.1) is 0 Å². The Hall–Kier alpha value is -3.70. The third-order valence-corrected chi connectivity index (χ3v) is 5.42. The number of aromatic nitrogens is 2. The SMILES string of the molecule is [CH2]CC(N)(CCCOc1cccc(-c2cccnc2)c1)Oc1cccc(-c2cccnc2)c1. The van der Waals surface area contributed by atoms with E-state index in [1.165, 1.54) is 0 Å². The van der Waals surface area contributed by atoms with Crippen molar-refractivity contribution >= 4 is 0 Å². The second-order valence-corrected chi connectivity index (χ2v) is 7.91. The molecule has 0 saturated heterocycles. The minimum absolute atomic E-state index is 0.445. The molecule has 33 heavy (non-hydrogen) atoms. The Balaban J connectivity index is 1.33. The van der Waals surface area contributed by atoms with Crippen molar-refractivity contribution in [1.82, 2.24) is 9.97 Å². The number of hydrogen-bond donors (Lipinski definition) is 1. The zero-order valence-corrected chi connectivity index (χ0v) is 18.6. The van der Waals surface area contributed by atoms with Gasteiger partial charge in [-0.3, -0.25) is 15.7 Å². The Morgan fingerprint density at radius 3 is 1.91 bits per heavy atom. The Kier molecular flexibility index (Phi) is 7.33. The van der Waals surface area contributed by atoms with E-state index in [1.807, 2.05) is 85.2 Å². The van der Waals surface area contributed by atoms with E-state index in [-0.39, 0.29) is 0 Å². The van der Waals surface area contributed by atoms with Gasteiger partial charge >= 0.3 is 0 Å². The monoisotopic (exact) mass is 438 g/mol. The summed E-state index contributed by atoms with van der Waals surface area (Å²) in [6.45, 7) is 4.55. The molecule has 4 rings (SSSR count). The Morgan fingerprint density at radius 2 is 1.33 bits per heavy atom. The highest BCUT2D eigenvalue weighted by Gasteiger charge is 2.24. The Labute approximate surface area is 195 Å². The number of benzene rings is 2. The van der Waals surface area contributed by atoms with Gasteiger partial charge < -0.3 is 9.47 Å². The topological polar surface area (TPSA) is 70.3 Å². The van der Waals surface area contributed by atoms with E-state index in [1.54, 1.807) is 12.4 Å².